The first-order chi connectivity index (χ1) is 10.7. The molecule has 0 N–H and O–H groups in total. The number of hydrogen-bond acceptors (Lipinski definition) is 5. The number of likely N-dealkylation sites (N-methyl/N-ethyl adjacent to an activating group) is 1. The lowest BCUT2D eigenvalue weighted by Crippen LogP contribution is -2.29. The van der Waals surface area contributed by atoms with Crippen LogP contribution in [0.15, 0.2) is 47.4 Å². The summed E-state index contributed by atoms with van der Waals surface area (Å²) in [5.74, 6) is 0. The average molecular weight is 312 g/mol. The third-order valence-electron chi connectivity index (χ3n) is 4.27. The highest BCUT2D eigenvalue weighted by Crippen LogP contribution is 2.49. The van der Waals surface area contributed by atoms with Gasteiger partial charge in [-0.05, 0) is 18.4 Å². The van der Waals surface area contributed by atoms with Gasteiger partial charge in [0, 0.05) is 31.3 Å². The van der Waals surface area contributed by atoms with Crippen molar-refractivity contribution < 1.29 is 0 Å². The smallest absolute Gasteiger partial charge is 0.275 e. The van der Waals surface area contributed by atoms with Crippen LogP contribution in [0.5, 0.6) is 0 Å². The average Bonchev–Trinajstić information content (AvgIpc) is 3.17. The summed E-state index contributed by atoms with van der Waals surface area (Å²) in [6, 6.07) is 12.1. The lowest BCUT2D eigenvalue weighted by Gasteiger charge is -2.23. The Balaban J connectivity index is 1.63. The van der Waals surface area contributed by atoms with E-state index in [4.69, 9.17) is 0 Å². The number of benzene rings is 1. The van der Waals surface area contributed by atoms with Gasteiger partial charge in [0.25, 0.3) is 5.56 Å². The number of nitrogens with zero attached hydrogens (tertiary/aromatic N) is 4. The van der Waals surface area contributed by atoms with Crippen molar-refractivity contribution in [2.75, 3.05) is 18.5 Å². The summed E-state index contributed by atoms with van der Waals surface area (Å²) in [7, 11) is 2.03. The van der Waals surface area contributed by atoms with E-state index in [0.717, 1.165) is 11.7 Å². The maximum absolute atomic E-state index is 11.8. The van der Waals surface area contributed by atoms with E-state index in [9.17, 15) is 4.79 Å². The van der Waals surface area contributed by atoms with Crippen LogP contribution in [0.4, 0.5) is 5.13 Å². The fraction of sp³-hybridized carbons (Fsp3) is 0.312. The van der Waals surface area contributed by atoms with E-state index in [1.54, 1.807) is 0 Å². The maximum atomic E-state index is 11.8. The first-order valence-corrected chi connectivity index (χ1v) is 8.11. The monoisotopic (exact) mass is 312 g/mol. The molecule has 0 bridgehead atoms. The highest BCUT2D eigenvalue weighted by atomic mass is 32.1. The van der Waals surface area contributed by atoms with Crippen LogP contribution in [-0.4, -0.2) is 28.2 Å². The predicted octanol–water partition coefficient (Wildman–Crippen LogP) is 2.32. The SMILES string of the molecule is CN(CC1(c2ccccc2)CC1)c1nn2c(=O)ccnc2s1. The van der Waals surface area contributed by atoms with Gasteiger partial charge in [-0.1, -0.05) is 41.7 Å². The summed E-state index contributed by atoms with van der Waals surface area (Å²) in [6.07, 6.45) is 3.93. The van der Waals surface area contributed by atoms with Gasteiger partial charge in [-0.2, -0.15) is 4.52 Å². The van der Waals surface area contributed by atoms with Crippen LogP contribution in [0.25, 0.3) is 4.96 Å². The molecule has 4 rings (SSSR count). The Morgan fingerprint density at radius 3 is 2.73 bits per heavy atom. The zero-order valence-electron chi connectivity index (χ0n) is 12.3. The molecule has 0 saturated heterocycles. The van der Waals surface area contributed by atoms with E-state index in [-0.39, 0.29) is 11.0 Å². The molecule has 0 unspecified atom stereocenters. The third kappa shape index (κ3) is 2.20. The summed E-state index contributed by atoms with van der Waals surface area (Å²) in [5, 5.41) is 5.24. The second-order valence-corrected chi connectivity index (χ2v) is 6.80. The number of anilines is 1. The molecule has 1 fully saturated rings. The Hall–Kier alpha value is -2.21. The number of rotatable bonds is 4. The van der Waals surface area contributed by atoms with Gasteiger partial charge >= 0.3 is 0 Å². The summed E-state index contributed by atoms with van der Waals surface area (Å²) in [4.78, 5) is 18.8. The van der Waals surface area contributed by atoms with Gasteiger partial charge in [0.1, 0.15) is 0 Å². The molecule has 0 aliphatic heterocycles. The molecule has 1 aromatic carbocycles. The first-order valence-electron chi connectivity index (χ1n) is 7.30. The van der Waals surface area contributed by atoms with Crippen LogP contribution in [0.3, 0.4) is 0 Å². The van der Waals surface area contributed by atoms with Crippen molar-refractivity contribution in [3.05, 3.63) is 58.5 Å². The van der Waals surface area contributed by atoms with Crippen molar-refractivity contribution in [2.24, 2.45) is 0 Å². The standard InChI is InChI=1S/C16H16N4OS/c1-19(11-16(8-9-16)12-5-3-2-4-6-12)15-18-20-13(21)7-10-17-14(20)22-15/h2-7,10H,8-9,11H2,1H3. The van der Waals surface area contributed by atoms with Crippen LogP contribution < -0.4 is 10.5 Å². The zero-order chi connectivity index (χ0) is 15.2. The first kappa shape index (κ1) is 13.5. The van der Waals surface area contributed by atoms with Crippen LogP contribution in [-0.2, 0) is 5.41 Å². The quantitative estimate of drug-likeness (QED) is 0.742. The molecule has 6 heteroatoms. The summed E-state index contributed by atoms with van der Waals surface area (Å²) >= 11 is 1.45. The normalized spacial score (nSPS) is 15.9. The summed E-state index contributed by atoms with van der Waals surface area (Å²) < 4.78 is 1.37. The van der Waals surface area contributed by atoms with E-state index in [1.807, 2.05) is 7.05 Å². The molecule has 3 aromatic rings. The number of hydrogen-bond donors (Lipinski definition) is 0. The topological polar surface area (TPSA) is 50.5 Å². The van der Waals surface area contributed by atoms with Gasteiger partial charge in [-0.3, -0.25) is 4.79 Å². The van der Waals surface area contributed by atoms with E-state index >= 15 is 0 Å². The maximum Gasteiger partial charge on any atom is 0.275 e. The minimum absolute atomic E-state index is 0.134. The van der Waals surface area contributed by atoms with Gasteiger partial charge in [-0.15, -0.1) is 5.10 Å². The highest BCUT2D eigenvalue weighted by molar-refractivity contribution is 7.20. The fourth-order valence-corrected chi connectivity index (χ4v) is 3.73. The Labute approximate surface area is 131 Å². The highest BCUT2D eigenvalue weighted by Gasteiger charge is 2.45. The van der Waals surface area contributed by atoms with Crippen LogP contribution >= 0.6 is 11.3 Å². The Morgan fingerprint density at radius 1 is 1.27 bits per heavy atom. The van der Waals surface area contributed by atoms with E-state index in [0.29, 0.717) is 4.96 Å². The van der Waals surface area contributed by atoms with E-state index in [2.05, 4.69) is 45.3 Å². The van der Waals surface area contributed by atoms with E-state index < -0.39 is 0 Å². The lowest BCUT2D eigenvalue weighted by molar-refractivity contribution is 0.668. The molecule has 0 amide bonds. The molecular formula is C16H16N4OS. The molecule has 0 radical (unpaired) electrons. The van der Waals surface area contributed by atoms with Crippen molar-refractivity contribution >= 4 is 21.4 Å². The zero-order valence-corrected chi connectivity index (χ0v) is 13.1. The van der Waals surface area contributed by atoms with Gasteiger partial charge in [0.05, 0.1) is 0 Å². The van der Waals surface area contributed by atoms with Crippen molar-refractivity contribution in [1.82, 2.24) is 14.6 Å². The molecule has 1 aliphatic carbocycles. The summed E-state index contributed by atoms with van der Waals surface area (Å²) in [5.41, 5.74) is 1.48. The minimum Gasteiger partial charge on any atom is -0.349 e. The molecule has 112 valence electrons. The Morgan fingerprint density at radius 2 is 2.05 bits per heavy atom. The van der Waals surface area contributed by atoms with Crippen LogP contribution in [0.2, 0.25) is 0 Å². The predicted molar refractivity (Wildman–Crippen MR) is 87.8 cm³/mol. The van der Waals surface area contributed by atoms with E-state index in [1.165, 1.54) is 46.5 Å². The minimum atomic E-state index is -0.134. The molecule has 2 heterocycles. The molecule has 0 atom stereocenters. The molecule has 5 nitrogen and oxygen atoms in total. The number of aromatic nitrogens is 3. The van der Waals surface area contributed by atoms with Crippen molar-refractivity contribution in [3.63, 3.8) is 0 Å². The van der Waals surface area contributed by atoms with Crippen LogP contribution in [0, 0.1) is 0 Å². The van der Waals surface area contributed by atoms with Gasteiger partial charge < -0.3 is 4.90 Å². The fourth-order valence-electron chi connectivity index (χ4n) is 2.89. The molecule has 0 spiro atoms. The van der Waals surface area contributed by atoms with Gasteiger partial charge in [-0.25, -0.2) is 4.98 Å². The molecule has 1 saturated carbocycles. The van der Waals surface area contributed by atoms with Crippen molar-refractivity contribution in [1.29, 1.82) is 0 Å². The molecule has 22 heavy (non-hydrogen) atoms. The van der Waals surface area contributed by atoms with Gasteiger partial charge in [0.2, 0.25) is 10.1 Å². The van der Waals surface area contributed by atoms with Crippen molar-refractivity contribution in [2.45, 2.75) is 18.3 Å². The van der Waals surface area contributed by atoms with Crippen LogP contribution in [0.1, 0.15) is 18.4 Å². The molecule has 2 aromatic heterocycles. The largest absolute Gasteiger partial charge is 0.349 e. The number of fused-ring (bicyclic) bond motifs is 1. The Kier molecular flexibility index (Phi) is 3.00. The van der Waals surface area contributed by atoms with Crippen molar-refractivity contribution in [3.8, 4) is 0 Å². The Bertz CT molecular complexity index is 866. The lowest BCUT2D eigenvalue weighted by atomic mass is 9.96. The second-order valence-electron chi connectivity index (χ2n) is 5.86. The molecule has 1 aliphatic rings. The third-order valence-corrected chi connectivity index (χ3v) is 5.30. The molecular weight excluding hydrogens is 296 g/mol. The summed E-state index contributed by atoms with van der Waals surface area (Å²) in [6.45, 7) is 0.908. The second kappa shape index (κ2) is 4.91. The van der Waals surface area contributed by atoms with Gasteiger partial charge in [0.15, 0.2) is 0 Å².